The van der Waals surface area contributed by atoms with Gasteiger partial charge in [-0.05, 0) is 31.0 Å². The molecule has 0 unspecified atom stereocenters. The van der Waals surface area contributed by atoms with E-state index in [0.29, 0.717) is 17.9 Å². The third-order valence-corrected chi connectivity index (χ3v) is 5.00. The quantitative estimate of drug-likeness (QED) is 0.685. The lowest BCUT2D eigenvalue weighted by Gasteiger charge is -2.35. The highest BCUT2D eigenvalue weighted by Crippen LogP contribution is 2.30. The smallest absolute Gasteiger partial charge is 0.240 e. The van der Waals surface area contributed by atoms with Crippen LogP contribution in [0.1, 0.15) is 19.8 Å². The highest BCUT2D eigenvalue weighted by molar-refractivity contribution is 7.89. The first-order valence-corrected chi connectivity index (χ1v) is 8.13. The second kappa shape index (κ2) is 5.99. The van der Waals surface area contributed by atoms with E-state index in [1.807, 2.05) is 0 Å². The molecule has 1 aliphatic carbocycles. The van der Waals surface area contributed by atoms with Crippen LogP contribution in [-0.4, -0.2) is 34.2 Å². The molecule has 1 aliphatic rings. The summed E-state index contributed by atoms with van der Waals surface area (Å²) in [5.41, 5.74) is 7.09. The van der Waals surface area contributed by atoms with Gasteiger partial charge < -0.3 is 15.8 Å². The molecule has 1 saturated carbocycles. The maximum absolute atomic E-state index is 12.0. The second-order valence-electron chi connectivity index (χ2n) is 4.92. The van der Waals surface area contributed by atoms with Gasteiger partial charge in [0.2, 0.25) is 10.0 Å². The number of benzene rings is 1. The van der Waals surface area contributed by atoms with Crippen molar-refractivity contribution in [2.75, 3.05) is 24.7 Å². The van der Waals surface area contributed by atoms with Crippen LogP contribution in [-0.2, 0) is 14.8 Å². The number of anilines is 2. The molecule has 112 valence electrons. The zero-order valence-electron chi connectivity index (χ0n) is 11.7. The van der Waals surface area contributed by atoms with E-state index in [9.17, 15) is 8.42 Å². The van der Waals surface area contributed by atoms with Crippen molar-refractivity contribution >= 4 is 21.4 Å². The number of sulfonamides is 1. The first kappa shape index (κ1) is 15.1. The van der Waals surface area contributed by atoms with Gasteiger partial charge in [-0.25, -0.2) is 13.1 Å². The minimum Gasteiger partial charge on any atom is -0.397 e. The largest absolute Gasteiger partial charge is 0.397 e. The van der Waals surface area contributed by atoms with Gasteiger partial charge in [0.05, 0.1) is 22.4 Å². The summed E-state index contributed by atoms with van der Waals surface area (Å²) in [4.78, 5) is 0.221. The Hall–Kier alpha value is -1.31. The van der Waals surface area contributed by atoms with Crippen LogP contribution >= 0.6 is 0 Å². The SMILES string of the molecule is CCNS(=O)(=O)c1ccc(N)c(NC2CC(OC)C2)c1. The molecule has 2 rings (SSSR count). The van der Waals surface area contributed by atoms with E-state index in [1.165, 1.54) is 6.07 Å². The molecule has 0 amide bonds. The minimum atomic E-state index is -3.46. The fourth-order valence-electron chi connectivity index (χ4n) is 2.20. The summed E-state index contributed by atoms with van der Waals surface area (Å²) in [6.07, 6.45) is 2.09. The topological polar surface area (TPSA) is 93.5 Å². The molecule has 0 spiro atoms. The molecule has 20 heavy (non-hydrogen) atoms. The number of nitrogens with one attached hydrogen (secondary N) is 2. The zero-order valence-corrected chi connectivity index (χ0v) is 12.5. The molecule has 1 aromatic rings. The minimum absolute atomic E-state index is 0.221. The summed E-state index contributed by atoms with van der Waals surface area (Å²) in [5, 5.41) is 3.27. The van der Waals surface area contributed by atoms with Crippen molar-refractivity contribution < 1.29 is 13.2 Å². The highest BCUT2D eigenvalue weighted by atomic mass is 32.2. The Labute approximate surface area is 119 Å². The van der Waals surface area contributed by atoms with Crippen molar-refractivity contribution in [1.82, 2.24) is 4.72 Å². The number of ether oxygens (including phenoxy) is 1. The van der Waals surface area contributed by atoms with Crippen LogP contribution in [0.15, 0.2) is 23.1 Å². The highest BCUT2D eigenvalue weighted by Gasteiger charge is 2.29. The standard InChI is InChI=1S/C13H21N3O3S/c1-3-15-20(17,18)11-4-5-12(14)13(8-11)16-9-6-10(7-9)19-2/h4-5,8-10,15-16H,3,6-7,14H2,1-2H3. The molecule has 0 heterocycles. The Bertz CT molecular complexity index is 568. The summed E-state index contributed by atoms with van der Waals surface area (Å²) in [7, 11) is -1.77. The summed E-state index contributed by atoms with van der Waals surface area (Å²) in [6.45, 7) is 2.10. The fourth-order valence-corrected chi connectivity index (χ4v) is 3.26. The van der Waals surface area contributed by atoms with Gasteiger partial charge in [0.15, 0.2) is 0 Å². The molecule has 6 nitrogen and oxygen atoms in total. The summed E-state index contributed by atoms with van der Waals surface area (Å²) >= 11 is 0. The van der Waals surface area contributed by atoms with Gasteiger partial charge in [0.1, 0.15) is 0 Å². The van der Waals surface area contributed by atoms with Gasteiger partial charge in [-0.15, -0.1) is 0 Å². The average molecular weight is 299 g/mol. The van der Waals surface area contributed by atoms with E-state index in [0.717, 1.165) is 12.8 Å². The number of nitrogen functional groups attached to an aromatic ring is 1. The van der Waals surface area contributed by atoms with Crippen LogP contribution in [0.3, 0.4) is 0 Å². The first-order chi connectivity index (χ1) is 9.46. The molecule has 7 heteroatoms. The van der Waals surface area contributed by atoms with Crippen LogP contribution in [0.4, 0.5) is 11.4 Å². The van der Waals surface area contributed by atoms with Crippen molar-refractivity contribution in [2.24, 2.45) is 0 Å². The predicted octanol–water partition coefficient (Wildman–Crippen LogP) is 1.16. The predicted molar refractivity (Wildman–Crippen MR) is 79.2 cm³/mol. The van der Waals surface area contributed by atoms with E-state index in [-0.39, 0.29) is 17.0 Å². The number of hydrogen-bond donors (Lipinski definition) is 3. The number of nitrogens with two attached hydrogens (primary N) is 1. The maximum atomic E-state index is 12.0. The maximum Gasteiger partial charge on any atom is 0.240 e. The lowest BCUT2D eigenvalue weighted by atomic mass is 9.89. The molecule has 1 fully saturated rings. The molecule has 4 N–H and O–H groups in total. The lowest BCUT2D eigenvalue weighted by Crippen LogP contribution is -2.40. The van der Waals surface area contributed by atoms with Gasteiger partial charge in [-0.1, -0.05) is 6.92 Å². The van der Waals surface area contributed by atoms with Crippen LogP contribution in [0.2, 0.25) is 0 Å². The Morgan fingerprint density at radius 3 is 2.70 bits per heavy atom. The fraction of sp³-hybridized carbons (Fsp3) is 0.538. The lowest BCUT2D eigenvalue weighted by molar-refractivity contribution is 0.0329. The van der Waals surface area contributed by atoms with Crippen LogP contribution < -0.4 is 15.8 Å². The molecule has 0 bridgehead atoms. The van der Waals surface area contributed by atoms with Crippen LogP contribution in [0.5, 0.6) is 0 Å². The van der Waals surface area contributed by atoms with Gasteiger partial charge >= 0.3 is 0 Å². The Kier molecular flexibility index (Phi) is 4.52. The van der Waals surface area contributed by atoms with Crippen molar-refractivity contribution in [2.45, 2.75) is 36.8 Å². The Morgan fingerprint density at radius 2 is 2.10 bits per heavy atom. The zero-order chi connectivity index (χ0) is 14.8. The first-order valence-electron chi connectivity index (χ1n) is 6.64. The van der Waals surface area contributed by atoms with E-state index < -0.39 is 10.0 Å². The number of rotatable bonds is 6. The summed E-state index contributed by atoms with van der Waals surface area (Å²) in [5.74, 6) is 0. The monoisotopic (exact) mass is 299 g/mol. The van der Waals surface area contributed by atoms with E-state index in [2.05, 4.69) is 10.0 Å². The van der Waals surface area contributed by atoms with Gasteiger partial charge in [-0.3, -0.25) is 0 Å². The van der Waals surface area contributed by atoms with Gasteiger partial charge in [0, 0.05) is 19.7 Å². The van der Waals surface area contributed by atoms with Crippen LogP contribution in [0, 0.1) is 0 Å². The summed E-state index contributed by atoms with van der Waals surface area (Å²) in [6, 6.07) is 4.98. The Balaban J connectivity index is 2.13. The number of methoxy groups -OCH3 is 1. The van der Waals surface area contributed by atoms with Crippen molar-refractivity contribution in [1.29, 1.82) is 0 Å². The molecule has 0 aliphatic heterocycles. The Morgan fingerprint density at radius 1 is 1.40 bits per heavy atom. The second-order valence-corrected chi connectivity index (χ2v) is 6.69. The molecule has 0 saturated heterocycles. The third-order valence-electron chi connectivity index (χ3n) is 3.46. The summed E-state index contributed by atoms with van der Waals surface area (Å²) < 4.78 is 31.6. The van der Waals surface area contributed by atoms with Gasteiger partial charge in [0.25, 0.3) is 0 Å². The molecule has 0 aromatic heterocycles. The van der Waals surface area contributed by atoms with E-state index in [1.54, 1.807) is 26.2 Å². The average Bonchev–Trinajstić information content (AvgIpc) is 2.34. The van der Waals surface area contributed by atoms with Crippen LogP contribution in [0.25, 0.3) is 0 Å². The van der Waals surface area contributed by atoms with Crippen molar-refractivity contribution in [3.63, 3.8) is 0 Å². The van der Waals surface area contributed by atoms with E-state index in [4.69, 9.17) is 10.5 Å². The molecule has 0 radical (unpaired) electrons. The van der Waals surface area contributed by atoms with Gasteiger partial charge in [-0.2, -0.15) is 0 Å². The molecular formula is C13H21N3O3S. The number of hydrogen-bond acceptors (Lipinski definition) is 5. The third kappa shape index (κ3) is 3.23. The van der Waals surface area contributed by atoms with E-state index >= 15 is 0 Å². The molecule has 0 atom stereocenters. The normalized spacial score (nSPS) is 22.3. The van der Waals surface area contributed by atoms with Crippen molar-refractivity contribution in [3.05, 3.63) is 18.2 Å². The van der Waals surface area contributed by atoms with Crippen molar-refractivity contribution in [3.8, 4) is 0 Å². The molecular weight excluding hydrogens is 278 g/mol. The molecule has 1 aromatic carbocycles.